The van der Waals surface area contributed by atoms with Crippen LogP contribution in [0.25, 0.3) is 11.4 Å². The van der Waals surface area contributed by atoms with Gasteiger partial charge < -0.3 is 15.1 Å². The van der Waals surface area contributed by atoms with Gasteiger partial charge >= 0.3 is 0 Å². The van der Waals surface area contributed by atoms with Crippen LogP contribution in [0.4, 0.5) is 5.82 Å². The molecular formula is C21H25N5O2. The van der Waals surface area contributed by atoms with Crippen LogP contribution in [0.1, 0.15) is 43.0 Å². The van der Waals surface area contributed by atoms with E-state index in [1.165, 1.54) is 0 Å². The van der Waals surface area contributed by atoms with Gasteiger partial charge in [-0.3, -0.25) is 4.68 Å². The van der Waals surface area contributed by atoms with Gasteiger partial charge in [-0.2, -0.15) is 5.10 Å². The summed E-state index contributed by atoms with van der Waals surface area (Å²) in [5.41, 5.74) is 3.28. The van der Waals surface area contributed by atoms with Crippen molar-refractivity contribution in [1.82, 2.24) is 19.7 Å². The van der Waals surface area contributed by atoms with Crippen LogP contribution in [-0.4, -0.2) is 36.5 Å². The summed E-state index contributed by atoms with van der Waals surface area (Å²) in [6, 6.07) is 11.1. The monoisotopic (exact) mass is 379 g/mol. The maximum atomic E-state index is 10.2. The highest BCUT2D eigenvalue weighted by atomic mass is 16.3. The quantitative estimate of drug-likeness (QED) is 0.724. The molecule has 0 amide bonds. The van der Waals surface area contributed by atoms with Crippen LogP contribution >= 0.6 is 0 Å². The molecule has 0 saturated carbocycles. The van der Waals surface area contributed by atoms with Gasteiger partial charge in [-0.15, -0.1) is 0 Å². The van der Waals surface area contributed by atoms with Gasteiger partial charge in [-0.1, -0.05) is 19.1 Å². The summed E-state index contributed by atoms with van der Waals surface area (Å²) in [6.45, 7) is 6.22. The van der Waals surface area contributed by atoms with E-state index in [1.54, 1.807) is 12.1 Å². The average molecular weight is 379 g/mol. The molecule has 0 bridgehead atoms. The maximum Gasteiger partial charge on any atom is 0.165 e. The third-order valence-electron chi connectivity index (χ3n) is 5.07. The topological polar surface area (TPSA) is 87.3 Å². The number of aliphatic hydroxyl groups is 1. The van der Waals surface area contributed by atoms with Crippen molar-refractivity contribution in [3.8, 4) is 17.1 Å². The fraction of sp³-hybridized carbons (Fsp3) is 0.381. The second-order valence-electron chi connectivity index (χ2n) is 7.19. The maximum absolute atomic E-state index is 10.2. The number of hydrogen-bond acceptors (Lipinski definition) is 6. The third kappa shape index (κ3) is 3.57. The first-order chi connectivity index (χ1) is 13.5. The van der Waals surface area contributed by atoms with Crippen LogP contribution in [0.3, 0.4) is 0 Å². The number of fused-ring (bicyclic) bond motifs is 1. The number of aromatic nitrogens is 4. The van der Waals surface area contributed by atoms with Crippen molar-refractivity contribution in [2.45, 2.75) is 45.9 Å². The van der Waals surface area contributed by atoms with Gasteiger partial charge in [0.05, 0.1) is 29.6 Å². The van der Waals surface area contributed by atoms with Gasteiger partial charge in [0.2, 0.25) is 0 Å². The molecule has 0 saturated heterocycles. The molecule has 7 nitrogen and oxygen atoms in total. The highest BCUT2D eigenvalue weighted by Crippen LogP contribution is 2.29. The first kappa shape index (κ1) is 18.4. The number of aromatic hydroxyl groups is 1. The fourth-order valence-corrected chi connectivity index (χ4v) is 3.55. The minimum Gasteiger partial charge on any atom is -0.507 e. The summed E-state index contributed by atoms with van der Waals surface area (Å²) >= 11 is 0. The number of benzene rings is 1. The molecule has 146 valence electrons. The molecule has 7 heteroatoms. The zero-order chi connectivity index (χ0) is 19.7. The Labute approximate surface area is 164 Å². The molecule has 1 unspecified atom stereocenters. The van der Waals surface area contributed by atoms with Gasteiger partial charge in [0, 0.05) is 24.8 Å². The van der Waals surface area contributed by atoms with Crippen molar-refractivity contribution in [2.75, 3.05) is 11.4 Å². The summed E-state index contributed by atoms with van der Waals surface area (Å²) in [5.74, 6) is 1.53. The number of anilines is 1. The second kappa shape index (κ2) is 7.59. The number of hydrogen-bond donors (Lipinski definition) is 2. The Bertz CT molecular complexity index is 985. The van der Waals surface area contributed by atoms with Crippen molar-refractivity contribution in [3.63, 3.8) is 0 Å². The molecule has 1 aliphatic heterocycles. The summed E-state index contributed by atoms with van der Waals surface area (Å²) in [5, 5.41) is 24.9. The molecule has 1 aromatic carbocycles. The minimum absolute atomic E-state index is 0.172. The smallest absolute Gasteiger partial charge is 0.165 e. The number of nitrogens with zero attached hydrogens (tertiary/aromatic N) is 5. The number of aryl methyl sites for hydroxylation is 2. The van der Waals surface area contributed by atoms with E-state index in [1.807, 2.05) is 42.8 Å². The van der Waals surface area contributed by atoms with Crippen LogP contribution in [0.5, 0.6) is 5.75 Å². The minimum atomic E-state index is -0.526. The summed E-state index contributed by atoms with van der Waals surface area (Å²) < 4.78 is 1.99. The van der Waals surface area contributed by atoms with E-state index < -0.39 is 6.10 Å². The van der Waals surface area contributed by atoms with Gasteiger partial charge in [0.1, 0.15) is 11.6 Å². The molecule has 1 aliphatic rings. The van der Waals surface area contributed by atoms with Crippen molar-refractivity contribution in [1.29, 1.82) is 0 Å². The summed E-state index contributed by atoms with van der Waals surface area (Å²) in [4.78, 5) is 11.5. The number of aliphatic hydroxyl groups excluding tert-OH is 1. The predicted octanol–water partition coefficient (Wildman–Crippen LogP) is 3.21. The van der Waals surface area contributed by atoms with Crippen molar-refractivity contribution in [2.24, 2.45) is 0 Å². The molecule has 28 heavy (non-hydrogen) atoms. The largest absolute Gasteiger partial charge is 0.507 e. The average Bonchev–Trinajstić information content (AvgIpc) is 2.98. The van der Waals surface area contributed by atoms with Crippen molar-refractivity contribution < 1.29 is 10.2 Å². The standard InChI is InChI=1S/C21H25N5O2/c1-3-18(27)17-12-15-13-25(9-6-10-26(15)24-17)20-11-14(2)22-21(23-20)16-7-4-5-8-19(16)28/h4-5,7-8,11-12,18,27-28H,3,6,9-10,13H2,1-2H3. The highest BCUT2D eigenvalue weighted by Gasteiger charge is 2.21. The Morgan fingerprint density at radius 1 is 1.14 bits per heavy atom. The molecule has 1 atom stereocenters. The Morgan fingerprint density at radius 3 is 2.75 bits per heavy atom. The number of para-hydroxylation sites is 1. The highest BCUT2D eigenvalue weighted by molar-refractivity contribution is 5.65. The lowest BCUT2D eigenvalue weighted by molar-refractivity contribution is 0.168. The Kier molecular flexibility index (Phi) is 5.00. The molecule has 0 aliphatic carbocycles. The van der Waals surface area contributed by atoms with Crippen LogP contribution in [0.2, 0.25) is 0 Å². The number of phenols is 1. The summed E-state index contributed by atoms with van der Waals surface area (Å²) in [6.07, 6.45) is 1.06. The molecule has 0 fully saturated rings. The van der Waals surface area contributed by atoms with E-state index >= 15 is 0 Å². The van der Waals surface area contributed by atoms with Crippen molar-refractivity contribution in [3.05, 3.63) is 53.5 Å². The van der Waals surface area contributed by atoms with E-state index in [-0.39, 0.29) is 5.75 Å². The molecule has 3 heterocycles. The van der Waals surface area contributed by atoms with Crippen LogP contribution in [0.15, 0.2) is 36.4 Å². The van der Waals surface area contributed by atoms with Crippen LogP contribution < -0.4 is 4.90 Å². The lowest BCUT2D eigenvalue weighted by Gasteiger charge is -2.22. The lowest BCUT2D eigenvalue weighted by Crippen LogP contribution is -2.24. The SMILES string of the molecule is CCC(O)c1cc2n(n1)CCCN(c1cc(C)nc(-c3ccccc3O)n1)C2. The molecule has 3 aromatic rings. The van der Waals surface area contributed by atoms with Crippen LogP contribution in [0, 0.1) is 6.92 Å². The van der Waals surface area contributed by atoms with Crippen molar-refractivity contribution >= 4 is 5.82 Å². The van der Waals surface area contributed by atoms with Gasteiger partial charge in [0.15, 0.2) is 5.82 Å². The third-order valence-corrected chi connectivity index (χ3v) is 5.07. The number of rotatable bonds is 4. The van der Waals surface area contributed by atoms with E-state index in [2.05, 4.69) is 15.0 Å². The molecule has 0 spiro atoms. The first-order valence-electron chi connectivity index (χ1n) is 9.69. The molecular weight excluding hydrogens is 354 g/mol. The zero-order valence-corrected chi connectivity index (χ0v) is 16.2. The second-order valence-corrected chi connectivity index (χ2v) is 7.19. The molecule has 0 radical (unpaired) electrons. The molecule has 2 N–H and O–H groups in total. The van der Waals surface area contributed by atoms with E-state index in [0.717, 1.165) is 42.4 Å². The zero-order valence-electron chi connectivity index (χ0n) is 16.2. The molecule has 4 rings (SSSR count). The van der Waals surface area contributed by atoms with Crippen LogP contribution in [-0.2, 0) is 13.1 Å². The Morgan fingerprint density at radius 2 is 1.96 bits per heavy atom. The van der Waals surface area contributed by atoms with Gasteiger partial charge in [-0.05, 0) is 38.0 Å². The van der Waals surface area contributed by atoms with E-state index in [9.17, 15) is 10.2 Å². The predicted molar refractivity (Wildman–Crippen MR) is 107 cm³/mol. The Balaban J connectivity index is 1.67. The molecule has 2 aromatic heterocycles. The van der Waals surface area contributed by atoms with Gasteiger partial charge in [-0.25, -0.2) is 9.97 Å². The summed E-state index contributed by atoms with van der Waals surface area (Å²) in [7, 11) is 0. The van der Waals surface area contributed by atoms with Gasteiger partial charge in [0.25, 0.3) is 0 Å². The number of phenolic OH excluding ortho intramolecular Hbond substituents is 1. The lowest BCUT2D eigenvalue weighted by atomic mass is 10.2. The first-order valence-corrected chi connectivity index (χ1v) is 9.69. The fourth-order valence-electron chi connectivity index (χ4n) is 3.55. The Hall–Kier alpha value is -2.93. The van der Waals surface area contributed by atoms with E-state index in [0.29, 0.717) is 24.4 Å². The van der Waals surface area contributed by atoms with E-state index in [4.69, 9.17) is 4.98 Å². The normalized spacial score (nSPS) is 15.2.